The van der Waals surface area contributed by atoms with Gasteiger partial charge >= 0.3 is 0 Å². The fourth-order valence-electron chi connectivity index (χ4n) is 1.59. The molecule has 2 rings (SSSR count). The Balaban J connectivity index is 2.14. The van der Waals surface area contributed by atoms with E-state index in [1.165, 1.54) is 12.5 Å². The molecule has 1 saturated heterocycles. The summed E-state index contributed by atoms with van der Waals surface area (Å²) in [7, 11) is 0. The number of Topliss-reactive ketones (excluding diaryl/α,β-unsaturated/α-hetero) is 1. The lowest BCUT2D eigenvalue weighted by atomic mass is 10.0. The van der Waals surface area contributed by atoms with Gasteiger partial charge in [0.1, 0.15) is 12.3 Å². The summed E-state index contributed by atoms with van der Waals surface area (Å²) < 4.78 is 4.93. The minimum Gasteiger partial charge on any atom is -0.472 e. The number of rotatable bonds is 2. The van der Waals surface area contributed by atoms with Crippen molar-refractivity contribution < 1.29 is 14.0 Å². The summed E-state index contributed by atoms with van der Waals surface area (Å²) in [5.74, 6) is -0.262. The Bertz CT molecular complexity index is 397. The van der Waals surface area contributed by atoms with Crippen molar-refractivity contribution in [3.63, 3.8) is 0 Å². The maximum atomic E-state index is 11.9. The third-order valence-corrected chi connectivity index (χ3v) is 2.41. The number of ketones is 1. The number of aryl methyl sites for hydroxylation is 1. The molecule has 2 heterocycles. The zero-order chi connectivity index (χ0) is 10.8. The van der Waals surface area contributed by atoms with Crippen LogP contribution in [0.1, 0.15) is 15.9 Å². The van der Waals surface area contributed by atoms with E-state index in [1.807, 2.05) is 0 Å². The predicted octanol–water partition coefficient (Wildman–Crippen LogP) is -0.141. The molecule has 0 bridgehead atoms. The van der Waals surface area contributed by atoms with Crippen LogP contribution in [0, 0.1) is 6.92 Å². The van der Waals surface area contributed by atoms with Gasteiger partial charge in [-0.25, -0.2) is 0 Å². The SMILES string of the molecule is Cc1cocc1C(=O)C1CNCC(=O)N1. The van der Waals surface area contributed by atoms with E-state index in [1.54, 1.807) is 6.92 Å². The second-order valence-corrected chi connectivity index (χ2v) is 3.58. The third-order valence-electron chi connectivity index (χ3n) is 2.41. The molecule has 15 heavy (non-hydrogen) atoms. The molecule has 1 aliphatic rings. The van der Waals surface area contributed by atoms with Crippen molar-refractivity contribution in [3.8, 4) is 0 Å². The molecule has 1 unspecified atom stereocenters. The highest BCUT2D eigenvalue weighted by atomic mass is 16.3. The van der Waals surface area contributed by atoms with Crippen molar-refractivity contribution >= 4 is 11.7 Å². The van der Waals surface area contributed by atoms with Crippen molar-refractivity contribution in [2.75, 3.05) is 13.1 Å². The lowest BCUT2D eigenvalue weighted by molar-refractivity contribution is -0.121. The van der Waals surface area contributed by atoms with Crippen LogP contribution in [0.2, 0.25) is 0 Å². The van der Waals surface area contributed by atoms with Crippen LogP contribution >= 0.6 is 0 Å². The molecule has 1 amide bonds. The van der Waals surface area contributed by atoms with Gasteiger partial charge in [0.2, 0.25) is 5.91 Å². The van der Waals surface area contributed by atoms with Crippen LogP contribution < -0.4 is 10.6 Å². The first kappa shape index (κ1) is 9.92. The van der Waals surface area contributed by atoms with Crippen LogP contribution in [-0.4, -0.2) is 30.8 Å². The van der Waals surface area contributed by atoms with Crippen molar-refractivity contribution in [2.24, 2.45) is 0 Å². The smallest absolute Gasteiger partial charge is 0.234 e. The summed E-state index contributed by atoms with van der Waals surface area (Å²) >= 11 is 0. The first-order chi connectivity index (χ1) is 7.18. The van der Waals surface area contributed by atoms with Crippen molar-refractivity contribution in [1.82, 2.24) is 10.6 Å². The van der Waals surface area contributed by atoms with Gasteiger partial charge in [0, 0.05) is 6.54 Å². The zero-order valence-electron chi connectivity index (χ0n) is 8.37. The Morgan fingerprint density at radius 1 is 1.53 bits per heavy atom. The van der Waals surface area contributed by atoms with E-state index in [4.69, 9.17) is 4.42 Å². The molecule has 5 heteroatoms. The van der Waals surface area contributed by atoms with Crippen LogP contribution in [0.3, 0.4) is 0 Å². The van der Waals surface area contributed by atoms with E-state index in [0.29, 0.717) is 12.1 Å². The average molecular weight is 208 g/mol. The van der Waals surface area contributed by atoms with Gasteiger partial charge in [-0.3, -0.25) is 9.59 Å². The molecule has 0 aromatic carbocycles. The Morgan fingerprint density at radius 2 is 2.33 bits per heavy atom. The molecule has 0 radical (unpaired) electrons. The first-order valence-corrected chi connectivity index (χ1v) is 4.75. The summed E-state index contributed by atoms with van der Waals surface area (Å²) in [6.45, 7) is 2.54. The fourth-order valence-corrected chi connectivity index (χ4v) is 1.59. The number of piperazine rings is 1. The van der Waals surface area contributed by atoms with Gasteiger partial charge < -0.3 is 15.1 Å². The highest BCUT2D eigenvalue weighted by Crippen LogP contribution is 2.11. The minimum atomic E-state index is -0.484. The maximum absolute atomic E-state index is 11.9. The monoisotopic (exact) mass is 208 g/mol. The topological polar surface area (TPSA) is 71.3 Å². The largest absolute Gasteiger partial charge is 0.472 e. The Kier molecular flexibility index (Phi) is 2.55. The molecule has 0 spiro atoms. The number of furan rings is 1. The molecule has 0 aliphatic carbocycles. The van der Waals surface area contributed by atoms with Gasteiger partial charge in [-0.05, 0) is 12.5 Å². The standard InChI is InChI=1S/C10H12N2O3/c1-6-4-15-5-7(6)10(14)8-2-11-3-9(13)12-8/h4-5,8,11H,2-3H2,1H3,(H,12,13). The van der Waals surface area contributed by atoms with Crippen molar-refractivity contribution in [2.45, 2.75) is 13.0 Å². The van der Waals surface area contributed by atoms with E-state index < -0.39 is 6.04 Å². The van der Waals surface area contributed by atoms with Crippen LogP contribution in [0.5, 0.6) is 0 Å². The van der Waals surface area contributed by atoms with Gasteiger partial charge in [0.05, 0.1) is 18.4 Å². The predicted molar refractivity (Wildman–Crippen MR) is 52.6 cm³/mol. The molecular weight excluding hydrogens is 196 g/mol. The highest BCUT2D eigenvalue weighted by molar-refractivity contribution is 6.03. The number of hydrogen-bond donors (Lipinski definition) is 2. The molecule has 5 nitrogen and oxygen atoms in total. The second kappa shape index (κ2) is 3.86. The molecule has 80 valence electrons. The first-order valence-electron chi connectivity index (χ1n) is 4.75. The fraction of sp³-hybridized carbons (Fsp3) is 0.400. The van der Waals surface area contributed by atoms with Gasteiger partial charge in [-0.1, -0.05) is 0 Å². The van der Waals surface area contributed by atoms with Crippen molar-refractivity contribution in [1.29, 1.82) is 0 Å². The van der Waals surface area contributed by atoms with E-state index >= 15 is 0 Å². The third kappa shape index (κ3) is 1.92. The summed E-state index contributed by atoms with van der Waals surface area (Å²) in [5, 5.41) is 5.52. The summed E-state index contributed by atoms with van der Waals surface area (Å²) in [4.78, 5) is 23.0. The molecule has 1 aromatic heterocycles. The molecule has 0 saturated carbocycles. The van der Waals surface area contributed by atoms with Crippen LogP contribution in [0.25, 0.3) is 0 Å². The maximum Gasteiger partial charge on any atom is 0.234 e. The van der Waals surface area contributed by atoms with Crippen molar-refractivity contribution in [3.05, 3.63) is 23.7 Å². The minimum absolute atomic E-state index is 0.109. The lowest BCUT2D eigenvalue weighted by Gasteiger charge is -2.22. The summed E-state index contributed by atoms with van der Waals surface area (Å²) in [5.41, 5.74) is 1.32. The van der Waals surface area contributed by atoms with Gasteiger partial charge in [-0.15, -0.1) is 0 Å². The number of carbonyl (C=O) groups is 2. The number of carbonyl (C=O) groups excluding carboxylic acids is 2. The quantitative estimate of drug-likeness (QED) is 0.663. The Labute approximate surface area is 86.8 Å². The van der Waals surface area contributed by atoms with E-state index in [0.717, 1.165) is 5.56 Å². The number of amides is 1. The Morgan fingerprint density at radius 3 is 2.93 bits per heavy atom. The van der Waals surface area contributed by atoms with Crippen LogP contribution in [0.4, 0.5) is 0 Å². The molecule has 1 aliphatic heterocycles. The lowest BCUT2D eigenvalue weighted by Crippen LogP contribution is -2.55. The molecule has 1 aromatic rings. The average Bonchev–Trinajstić information content (AvgIpc) is 2.63. The highest BCUT2D eigenvalue weighted by Gasteiger charge is 2.26. The summed E-state index contributed by atoms with van der Waals surface area (Å²) in [6.07, 6.45) is 2.93. The molecule has 1 fully saturated rings. The molecule has 2 N–H and O–H groups in total. The number of nitrogens with one attached hydrogen (secondary N) is 2. The molecule has 1 atom stereocenters. The van der Waals surface area contributed by atoms with Crippen LogP contribution in [0.15, 0.2) is 16.9 Å². The second-order valence-electron chi connectivity index (χ2n) is 3.58. The Hall–Kier alpha value is -1.62. The van der Waals surface area contributed by atoms with E-state index in [9.17, 15) is 9.59 Å². The summed E-state index contributed by atoms with van der Waals surface area (Å²) in [6, 6.07) is -0.484. The molecular formula is C10H12N2O3. The van der Waals surface area contributed by atoms with Gasteiger partial charge in [0.25, 0.3) is 0 Å². The normalized spacial score (nSPS) is 21.1. The van der Waals surface area contributed by atoms with Crippen LogP contribution in [-0.2, 0) is 4.79 Å². The van der Waals surface area contributed by atoms with E-state index in [2.05, 4.69) is 10.6 Å². The van der Waals surface area contributed by atoms with Gasteiger partial charge in [0.15, 0.2) is 5.78 Å². The zero-order valence-corrected chi connectivity index (χ0v) is 8.37. The number of hydrogen-bond acceptors (Lipinski definition) is 4. The van der Waals surface area contributed by atoms with Gasteiger partial charge in [-0.2, -0.15) is 0 Å². The van der Waals surface area contributed by atoms with E-state index in [-0.39, 0.29) is 18.2 Å².